The van der Waals surface area contributed by atoms with Crippen molar-refractivity contribution in [1.82, 2.24) is 5.32 Å². The normalized spacial score (nSPS) is 20.1. The van der Waals surface area contributed by atoms with E-state index in [-0.39, 0.29) is 11.9 Å². The van der Waals surface area contributed by atoms with Crippen molar-refractivity contribution in [2.45, 2.75) is 52.1 Å². The van der Waals surface area contributed by atoms with Crippen molar-refractivity contribution in [3.05, 3.63) is 29.8 Å². The number of nitrogens with one attached hydrogen (secondary N) is 1. The van der Waals surface area contributed by atoms with Crippen LogP contribution in [0, 0.1) is 5.92 Å². The molecule has 2 atom stereocenters. The van der Waals surface area contributed by atoms with E-state index in [2.05, 4.69) is 38.2 Å². The fourth-order valence-corrected chi connectivity index (χ4v) is 2.80. The average Bonchev–Trinajstić information content (AvgIpc) is 2.42. The topological polar surface area (TPSA) is 32.3 Å². The standard InChI is InChI=1S/C17H26N2O/c1-12(2)9-10-13(3)18-15-11-17(20)19(4)16-8-6-5-7-14(15)16/h5-8,12-13,15,18H,9-11H2,1-4H3. The summed E-state index contributed by atoms with van der Waals surface area (Å²) in [6.45, 7) is 6.72. The summed E-state index contributed by atoms with van der Waals surface area (Å²) in [5.74, 6) is 0.919. The van der Waals surface area contributed by atoms with Crippen molar-refractivity contribution in [2.75, 3.05) is 11.9 Å². The van der Waals surface area contributed by atoms with Gasteiger partial charge in [-0.25, -0.2) is 0 Å². The minimum atomic E-state index is 0.150. The Balaban J connectivity index is 2.09. The maximum Gasteiger partial charge on any atom is 0.228 e. The van der Waals surface area contributed by atoms with Gasteiger partial charge in [0.25, 0.3) is 0 Å². The van der Waals surface area contributed by atoms with Crippen LogP contribution in [0.25, 0.3) is 0 Å². The van der Waals surface area contributed by atoms with Crippen LogP contribution in [0.2, 0.25) is 0 Å². The molecule has 1 aliphatic rings. The highest BCUT2D eigenvalue weighted by Crippen LogP contribution is 2.33. The maximum atomic E-state index is 12.1. The minimum Gasteiger partial charge on any atom is -0.315 e. The van der Waals surface area contributed by atoms with Crippen molar-refractivity contribution < 1.29 is 4.79 Å². The van der Waals surface area contributed by atoms with Crippen molar-refractivity contribution in [3.63, 3.8) is 0 Å². The lowest BCUT2D eigenvalue weighted by Crippen LogP contribution is -2.40. The van der Waals surface area contributed by atoms with Gasteiger partial charge in [0.2, 0.25) is 5.91 Å². The van der Waals surface area contributed by atoms with Crippen molar-refractivity contribution in [3.8, 4) is 0 Å². The van der Waals surface area contributed by atoms with Gasteiger partial charge in [0, 0.05) is 31.2 Å². The highest BCUT2D eigenvalue weighted by Gasteiger charge is 2.29. The van der Waals surface area contributed by atoms with E-state index >= 15 is 0 Å². The third kappa shape index (κ3) is 3.40. The van der Waals surface area contributed by atoms with Gasteiger partial charge in [-0.1, -0.05) is 32.0 Å². The van der Waals surface area contributed by atoms with E-state index in [1.165, 1.54) is 12.0 Å². The Morgan fingerprint density at radius 3 is 2.65 bits per heavy atom. The number of hydrogen-bond acceptors (Lipinski definition) is 2. The molecular weight excluding hydrogens is 248 g/mol. The lowest BCUT2D eigenvalue weighted by molar-refractivity contribution is -0.119. The molecule has 1 amide bonds. The average molecular weight is 274 g/mol. The number of rotatable bonds is 5. The molecule has 20 heavy (non-hydrogen) atoms. The molecule has 0 radical (unpaired) electrons. The van der Waals surface area contributed by atoms with Gasteiger partial charge >= 0.3 is 0 Å². The molecule has 1 aromatic rings. The molecule has 110 valence electrons. The molecule has 1 heterocycles. The molecule has 0 aliphatic carbocycles. The molecule has 1 N–H and O–H groups in total. The quantitative estimate of drug-likeness (QED) is 0.891. The van der Waals surface area contributed by atoms with E-state index in [1.54, 1.807) is 4.90 Å². The smallest absolute Gasteiger partial charge is 0.228 e. The Bertz CT molecular complexity index is 470. The summed E-state index contributed by atoms with van der Waals surface area (Å²) in [6, 6.07) is 8.79. The van der Waals surface area contributed by atoms with Crippen LogP contribution in [0.1, 0.15) is 51.6 Å². The molecule has 0 bridgehead atoms. The van der Waals surface area contributed by atoms with Gasteiger partial charge in [0.15, 0.2) is 0 Å². The number of anilines is 1. The van der Waals surface area contributed by atoms with Crippen LogP contribution in [-0.4, -0.2) is 19.0 Å². The molecule has 0 saturated heterocycles. The van der Waals surface area contributed by atoms with Gasteiger partial charge in [0.1, 0.15) is 0 Å². The molecule has 0 aromatic heterocycles. The summed E-state index contributed by atoms with van der Waals surface area (Å²) in [5, 5.41) is 3.63. The monoisotopic (exact) mass is 274 g/mol. The predicted molar refractivity (Wildman–Crippen MR) is 83.9 cm³/mol. The van der Waals surface area contributed by atoms with Crippen molar-refractivity contribution in [1.29, 1.82) is 0 Å². The largest absolute Gasteiger partial charge is 0.315 e. The Labute approximate surface area is 122 Å². The highest BCUT2D eigenvalue weighted by molar-refractivity contribution is 5.96. The van der Waals surface area contributed by atoms with Crippen molar-refractivity contribution in [2.24, 2.45) is 5.92 Å². The molecular formula is C17H26N2O. The van der Waals surface area contributed by atoms with Gasteiger partial charge in [0.05, 0.1) is 0 Å². The summed E-state index contributed by atoms with van der Waals surface area (Å²) in [7, 11) is 1.86. The Morgan fingerprint density at radius 1 is 1.25 bits per heavy atom. The molecule has 3 heteroatoms. The lowest BCUT2D eigenvalue weighted by Gasteiger charge is -2.33. The summed E-state index contributed by atoms with van der Waals surface area (Å²) < 4.78 is 0. The zero-order valence-electron chi connectivity index (χ0n) is 13.0. The molecule has 3 nitrogen and oxygen atoms in total. The summed E-state index contributed by atoms with van der Waals surface area (Å²) in [5.41, 5.74) is 2.28. The molecule has 1 aliphatic heterocycles. The second-order valence-electron chi connectivity index (χ2n) is 6.31. The first-order valence-corrected chi connectivity index (χ1v) is 7.60. The molecule has 1 aromatic carbocycles. The first-order chi connectivity index (χ1) is 9.49. The fraction of sp³-hybridized carbons (Fsp3) is 0.588. The van der Waals surface area contributed by atoms with Gasteiger partial charge < -0.3 is 10.2 Å². The van der Waals surface area contributed by atoms with Gasteiger partial charge in [-0.15, -0.1) is 0 Å². The minimum absolute atomic E-state index is 0.150. The zero-order valence-corrected chi connectivity index (χ0v) is 13.0. The van der Waals surface area contributed by atoms with E-state index in [9.17, 15) is 4.79 Å². The molecule has 0 fully saturated rings. The Kier molecular flexibility index (Phi) is 4.81. The van der Waals surface area contributed by atoms with Gasteiger partial charge in [-0.05, 0) is 37.3 Å². The van der Waals surface area contributed by atoms with Crippen LogP contribution in [0.5, 0.6) is 0 Å². The van der Waals surface area contributed by atoms with E-state index < -0.39 is 0 Å². The van der Waals surface area contributed by atoms with Crippen LogP contribution in [0.3, 0.4) is 0 Å². The third-order valence-electron chi connectivity index (χ3n) is 4.09. The number of carbonyl (C=O) groups excluding carboxylic acids is 1. The Morgan fingerprint density at radius 2 is 1.95 bits per heavy atom. The summed E-state index contributed by atoms with van der Waals surface area (Å²) in [6.07, 6.45) is 2.93. The predicted octanol–water partition coefficient (Wildman–Crippen LogP) is 3.51. The van der Waals surface area contributed by atoms with Crippen LogP contribution >= 0.6 is 0 Å². The molecule has 0 saturated carbocycles. The van der Waals surface area contributed by atoms with Gasteiger partial charge in [-0.3, -0.25) is 4.79 Å². The van der Waals surface area contributed by atoms with E-state index in [0.29, 0.717) is 12.5 Å². The lowest BCUT2D eigenvalue weighted by atomic mass is 9.94. The third-order valence-corrected chi connectivity index (χ3v) is 4.09. The molecule has 2 rings (SSSR count). The maximum absolute atomic E-state index is 12.1. The number of fused-ring (bicyclic) bond motifs is 1. The van der Waals surface area contributed by atoms with Gasteiger partial charge in [-0.2, -0.15) is 0 Å². The van der Waals surface area contributed by atoms with Crippen molar-refractivity contribution >= 4 is 11.6 Å². The SMILES string of the molecule is CC(C)CCC(C)NC1CC(=O)N(C)c2ccccc21. The van der Waals surface area contributed by atoms with E-state index in [1.807, 2.05) is 19.2 Å². The van der Waals surface area contributed by atoms with Crippen LogP contribution in [0.15, 0.2) is 24.3 Å². The highest BCUT2D eigenvalue weighted by atomic mass is 16.2. The summed E-state index contributed by atoms with van der Waals surface area (Å²) in [4.78, 5) is 13.9. The first-order valence-electron chi connectivity index (χ1n) is 7.60. The number of amides is 1. The Hall–Kier alpha value is -1.35. The molecule has 0 spiro atoms. The fourth-order valence-electron chi connectivity index (χ4n) is 2.80. The number of hydrogen-bond donors (Lipinski definition) is 1. The van der Waals surface area contributed by atoms with E-state index in [4.69, 9.17) is 0 Å². The number of benzene rings is 1. The number of nitrogens with zero attached hydrogens (tertiary/aromatic N) is 1. The second-order valence-corrected chi connectivity index (χ2v) is 6.31. The number of para-hydroxylation sites is 1. The zero-order chi connectivity index (χ0) is 14.7. The van der Waals surface area contributed by atoms with Crippen LogP contribution in [0.4, 0.5) is 5.69 Å². The second kappa shape index (κ2) is 6.40. The summed E-state index contributed by atoms with van der Waals surface area (Å²) >= 11 is 0. The first kappa shape index (κ1) is 15.0. The van der Waals surface area contributed by atoms with E-state index in [0.717, 1.165) is 18.0 Å². The van der Waals surface area contributed by atoms with Crippen LogP contribution < -0.4 is 10.2 Å². The number of carbonyl (C=O) groups is 1. The molecule has 2 unspecified atom stereocenters. The van der Waals surface area contributed by atoms with Crippen LogP contribution in [-0.2, 0) is 4.79 Å².